The Morgan fingerprint density at radius 1 is 1.45 bits per heavy atom. The summed E-state index contributed by atoms with van der Waals surface area (Å²) >= 11 is 0. The minimum absolute atomic E-state index is 0.0165. The zero-order chi connectivity index (χ0) is 8.74. The van der Waals surface area contributed by atoms with Crippen LogP contribution in [0.5, 0.6) is 0 Å². The Morgan fingerprint density at radius 2 is 2.09 bits per heavy atom. The van der Waals surface area contributed by atoms with Crippen molar-refractivity contribution >= 4 is 10.1 Å². The van der Waals surface area contributed by atoms with Crippen LogP contribution in [0.15, 0.2) is 12.7 Å². The average Bonchev–Trinajstić information content (AvgIpc) is 1.99. The van der Waals surface area contributed by atoms with Crippen LogP contribution in [0, 0.1) is 0 Å². The van der Waals surface area contributed by atoms with Crippen molar-refractivity contribution in [2.45, 2.75) is 19.3 Å². The van der Waals surface area contributed by atoms with Gasteiger partial charge in [0.25, 0.3) is 10.1 Å². The Hall–Kier alpha value is -0.390. The molecule has 0 bridgehead atoms. The van der Waals surface area contributed by atoms with Crippen molar-refractivity contribution in [1.29, 1.82) is 0 Å². The van der Waals surface area contributed by atoms with Gasteiger partial charge in [-0.25, -0.2) is 0 Å². The molecule has 0 aromatic carbocycles. The lowest BCUT2D eigenvalue weighted by Gasteiger charge is -1.97. The lowest BCUT2D eigenvalue weighted by atomic mass is 10.2. The van der Waals surface area contributed by atoms with Crippen molar-refractivity contribution in [2.24, 2.45) is 5.90 Å². The van der Waals surface area contributed by atoms with E-state index >= 15 is 0 Å². The molecule has 0 rings (SSSR count). The first-order chi connectivity index (χ1) is 5.12. The first-order valence-electron chi connectivity index (χ1n) is 3.34. The van der Waals surface area contributed by atoms with Crippen molar-refractivity contribution in [3.8, 4) is 0 Å². The van der Waals surface area contributed by atoms with Crippen molar-refractivity contribution in [1.82, 2.24) is 0 Å². The Balaban J connectivity index is 3.46. The Labute approximate surface area is 67.1 Å². The summed E-state index contributed by atoms with van der Waals surface area (Å²) in [7, 11) is -3.46. The number of hydrogen-bond donors (Lipinski definition) is 1. The first-order valence-corrected chi connectivity index (χ1v) is 4.92. The molecular formula is C6H13NO3S. The quantitative estimate of drug-likeness (QED) is 0.367. The fourth-order valence-electron chi connectivity index (χ4n) is 0.616. The SMILES string of the molecule is C=CCCCCS(=O)(=O)ON. The van der Waals surface area contributed by atoms with Gasteiger partial charge < -0.3 is 0 Å². The Morgan fingerprint density at radius 3 is 2.55 bits per heavy atom. The number of hydrogen-bond acceptors (Lipinski definition) is 4. The smallest absolute Gasteiger partial charge is 0.198 e. The highest BCUT2D eigenvalue weighted by molar-refractivity contribution is 7.86. The van der Waals surface area contributed by atoms with E-state index in [1.807, 2.05) is 0 Å². The second-order valence-electron chi connectivity index (χ2n) is 2.14. The third-order valence-electron chi connectivity index (χ3n) is 1.20. The molecule has 0 aliphatic heterocycles. The molecule has 5 heteroatoms. The lowest BCUT2D eigenvalue weighted by Crippen LogP contribution is -2.14. The maximum Gasteiger partial charge on any atom is 0.283 e. The molecule has 0 amide bonds. The van der Waals surface area contributed by atoms with Crippen LogP contribution in [0.2, 0.25) is 0 Å². The maximum atomic E-state index is 10.6. The monoisotopic (exact) mass is 179 g/mol. The molecule has 0 aromatic heterocycles. The second kappa shape index (κ2) is 5.29. The largest absolute Gasteiger partial charge is 0.283 e. The molecule has 66 valence electrons. The van der Waals surface area contributed by atoms with E-state index < -0.39 is 10.1 Å². The van der Waals surface area contributed by atoms with Gasteiger partial charge >= 0.3 is 0 Å². The zero-order valence-corrected chi connectivity index (χ0v) is 7.14. The van der Waals surface area contributed by atoms with Crippen molar-refractivity contribution in [3.63, 3.8) is 0 Å². The van der Waals surface area contributed by atoms with Gasteiger partial charge in [-0.1, -0.05) is 6.08 Å². The zero-order valence-electron chi connectivity index (χ0n) is 6.32. The fraction of sp³-hybridized carbons (Fsp3) is 0.667. The summed E-state index contributed by atoms with van der Waals surface area (Å²) in [5, 5.41) is 0. The molecular weight excluding hydrogens is 166 g/mol. The van der Waals surface area contributed by atoms with Crippen molar-refractivity contribution in [2.75, 3.05) is 5.75 Å². The molecule has 2 N–H and O–H groups in total. The second-order valence-corrected chi connectivity index (χ2v) is 3.86. The van der Waals surface area contributed by atoms with Gasteiger partial charge in [0.15, 0.2) is 0 Å². The molecule has 0 spiro atoms. The Kier molecular flexibility index (Phi) is 5.10. The van der Waals surface area contributed by atoms with Crippen LogP contribution < -0.4 is 5.90 Å². The fourth-order valence-corrected chi connectivity index (χ4v) is 1.27. The van der Waals surface area contributed by atoms with Crippen molar-refractivity contribution < 1.29 is 12.7 Å². The van der Waals surface area contributed by atoms with Crippen LogP contribution in [-0.2, 0) is 14.4 Å². The summed E-state index contributed by atoms with van der Waals surface area (Å²) in [5.74, 6) is 4.50. The number of allylic oxidation sites excluding steroid dienone is 1. The van der Waals surface area contributed by atoms with E-state index in [0.717, 1.165) is 12.8 Å². The minimum atomic E-state index is -3.46. The van der Waals surface area contributed by atoms with Gasteiger partial charge in [-0.15, -0.1) is 6.58 Å². The molecule has 0 fully saturated rings. The predicted molar refractivity (Wildman–Crippen MR) is 43.1 cm³/mol. The number of nitrogens with two attached hydrogens (primary N) is 1. The Bertz CT molecular complexity index is 198. The van der Waals surface area contributed by atoms with Crippen LogP contribution in [0.3, 0.4) is 0 Å². The summed E-state index contributed by atoms with van der Waals surface area (Å²) < 4.78 is 24.9. The van der Waals surface area contributed by atoms with Gasteiger partial charge in [-0.3, -0.25) is 0 Å². The van der Waals surface area contributed by atoms with Gasteiger partial charge in [0, 0.05) is 0 Å². The topological polar surface area (TPSA) is 69.4 Å². The molecule has 0 unspecified atom stereocenters. The van der Waals surface area contributed by atoms with E-state index in [2.05, 4.69) is 16.8 Å². The molecule has 11 heavy (non-hydrogen) atoms. The molecule has 0 radical (unpaired) electrons. The van der Waals surface area contributed by atoms with Gasteiger partial charge in [0.05, 0.1) is 5.75 Å². The highest BCUT2D eigenvalue weighted by Gasteiger charge is 2.07. The van der Waals surface area contributed by atoms with Gasteiger partial charge in [0.1, 0.15) is 0 Å². The van der Waals surface area contributed by atoms with E-state index in [9.17, 15) is 8.42 Å². The van der Waals surface area contributed by atoms with Crippen LogP contribution in [0.25, 0.3) is 0 Å². The molecule has 0 heterocycles. The molecule has 0 aliphatic carbocycles. The van der Waals surface area contributed by atoms with Crippen LogP contribution in [0.1, 0.15) is 19.3 Å². The average molecular weight is 179 g/mol. The van der Waals surface area contributed by atoms with E-state index in [1.54, 1.807) is 6.08 Å². The summed E-state index contributed by atoms with van der Waals surface area (Å²) in [5.41, 5.74) is 0. The van der Waals surface area contributed by atoms with E-state index in [4.69, 9.17) is 0 Å². The molecule has 0 saturated heterocycles. The highest BCUT2D eigenvalue weighted by atomic mass is 32.2. The van der Waals surface area contributed by atoms with E-state index in [0.29, 0.717) is 6.42 Å². The van der Waals surface area contributed by atoms with Crippen LogP contribution in [-0.4, -0.2) is 14.2 Å². The van der Waals surface area contributed by atoms with Crippen LogP contribution >= 0.6 is 0 Å². The lowest BCUT2D eigenvalue weighted by molar-refractivity contribution is 0.332. The number of unbranched alkanes of at least 4 members (excludes halogenated alkanes) is 2. The van der Waals surface area contributed by atoms with Gasteiger partial charge in [0.2, 0.25) is 0 Å². The van der Waals surface area contributed by atoms with Crippen LogP contribution in [0.4, 0.5) is 0 Å². The normalized spacial score (nSPS) is 11.4. The maximum absolute atomic E-state index is 10.6. The molecule has 0 atom stereocenters. The van der Waals surface area contributed by atoms with E-state index in [1.165, 1.54) is 0 Å². The summed E-state index contributed by atoms with van der Waals surface area (Å²) in [6.45, 7) is 3.51. The summed E-state index contributed by atoms with van der Waals surface area (Å²) in [6.07, 6.45) is 3.92. The molecule has 0 saturated carbocycles. The third kappa shape index (κ3) is 6.03. The predicted octanol–water partition coefficient (Wildman–Crippen LogP) is 0.563. The van der Waals surface area contributed by atoms with E-state index in [-0.39, 0.29) is 5.75 Å². The van der Waals surface area contributed by atoms with Gasteiger partial charge in [-0.2, -0.15) is 18.6 Å². The molecule has 4 nitrogen and oxygen atoms in total. The molecule has 0 aromatic rings. The van der Waals surface area contributed by atoms with Gasteiger partial charge in [-0.05, 0) is 19.3 Å². The minimum Gasteiger partial charge on any atom is -0.198 e. The van der Waals surface area contributed by atoms with Crippen molar-refractivity contribution in [3.05, 3.63) is 12.7 Å². The standard InChI is InChI=1S/C6H13NO3S/c1-2-3-4-5-6-11(8,9)10-7/h2H,1,3-7H2. The highest BCUT2D eigenvalue weighted by Crippen LogP contribution is 1.99. The third-order valence-corrected chi connectivity index (χ3v) is 2.28. The molecule has 0 aliphatic rings. The number of rotatable bonds is 6. The summed E-state index contributed by atoms with van der Waals surface area (Å²) in [6, 6.07) is 0. The first kappa shape index (κ1) is 10.6. The summed E-state index contributed by atoms with van der Waals surface area (Å²) in [4.78, 5) is 0.